The summed E-state index contributed by atoms with van der Waals surface area (Å²) in [5.74, 6) is -4.86. The minimum absolute atomic E-state index is 0.0160. The highest BCUT2D eigenvalue weighted by Crippen LogP contribution is 2.52. The Hall–Kier alpha value is -9.15. The molecule has 0 bridgehead atoms. The summed E-state index contributed by atoms with van der Waals surface area (Å²) < 4.78 is 152. The first-order valence-electron chi connectivity index (χ1n) is 47.8. The number of ether oxygens (including phenoxy) is 6. The smallest absolute Gasteiger partial charge is 0.176 e. The van der Waals surface area contributed by atoms with Crippen molar-refractivity contribution in [3.63, 3.8) is 0 Å². The fourth-order valence-corrected chi connectivity index (χ4v) is 28.2. The summed E-state index contributed by atoms with van der Waals surface area (Å²) >= 11 is 17.7. The molecule has 5 fully saturated rings. The van der Waals surface area contributed by atoms with Crippen molar-refractivity contribution in [2.24, 2.45) is 0 Å². The molecule has 0 radical (unpaired) electrons. The van der Waals surface area contributed by atoms with Crippen molar-refractivity contribution < 1.29 is 68.7 Å². The van der Waals surface area contributed by atoms with Gasteiger partial charge in [-0.05, 0) is 223 Å². The van der Waals surface area contributed by atoms with Gasteiger partial charge >= 0.3 is 0 Å². The van der Waals surface area contributed by atoms with E-state index in [-0.39, 0.29) is 86.8 Å². The van der Waals surface area contributed by atoms with Crippen LogP contribution in [0.2, 0.25) is 5.02 Å². The Morgan fingerprint density at radius 1 is 0.413 bits per heavy atom. The number of aromatic nitrogens is 8. The van der Waals surface area contributed by atoms with Gasteiger partial charge in [-0.3, -0.25) is 19.6 Å². The van der Waals surface area contributed by atoms with E-state index in [1.165, 1.54) is 124 Å². The van der Waals surface area contributed by atoms with E-state index >= 15 is 8.78 Å². The zero-order valence-corrected chi connectivity index (χ0v) is 87.3. The van der Waals surface area contributed by atoms with Crippen LogP contribution in [0.5, 0.6) is 0 Å². The molecule has 5 atom stereocenters. The summed E-state index contributed by atoms with van der Waals surface area (Å²) in [5.41, 5.74) is 14.8. The first kappa shape index (κ1) is 102. The average molecular weight is 2130 g/mol. The Bertz CT molecular complexity index is 7310. The van der Waals surface area contributed by atoms with Crippen LogP contribution in [-0.4, -0.2) is 204 Å². The van der Waals surface area contributed by atoms with Gasteiger partial charge in [-0.15, -0.1) is 90.7 Å². The molecular weight excluding hydrogens is 2020 g/mol. The van der Waals surface area contributed by atoms with E-state index in [1.54, 1.807) is 88.3 Å². The fourth-order valence-electron chi connectivity index (χ4n) is 20.0. The van der Waals surface area contributed by atoms with Crippen LogP contribution in [-0.2, 0) is 28.4 Å². The number of thiophene rings is 4. The lowest BCUT2D eigenvalue weighted by Gasteiger charge is -2.36. The Morgan fingerprint density at radius 2 is 0.755 bits per heavy atom. The Morgan fingerprint density at radius 3 is 1.13 bits per heavy atom. The van der Waals surface area contributed by atoms with Gasteiger partial charge in [0.05, 0.1) is 89.4 Å². The number of thiazole rings is 4. The lowest BCUT2D eigenvalue weighted by atomic mass is 9.87. The highest BCUT2D eigenvalue weighted by Gasteiger charge is 2.46. The third-order valence-corrected chi connectivity index (χ3v) is 36.2. The Balaban J connectivity index is 0.000000117. The van der Waals surface area contributed by atoms with Crippen molar-refractivity contribution in [3.05, 3.63) is 203 Å². The predicted molar refractivity (Wildman–Crippen MR) is 565 cm³/mol. The van der Waals surface area contributed by atoms with Crippen molar-refractivity contribution in [3.8, 4) is 0 Å². The predicted octanol–water partition coefficient (Wildman–Crippen LogP) is 26.6. The van der Waals surface area contributed by atoms with Gasteiger partial charge in [-0.1, -0.05) is 23.8 Å². The molecule has 5 unspecified atom stereocenters. The number of nitrogens with two attached hydrogens (primary N) is 1. The molecule has 6 N–H and O–H groups in total. The molecule has 12 aromatic heterocycles. The largest absolute Gasteiger partial charge is 0.395 e. The summed E-state index contributed by atoms with van der Waals surface area (Å²) in [5, 5.41) is 22.7. The molecule has 7 aliphatic heterocycles. The molecule has 0 spiro atoms. The van der Waals surface area contributed by atoms with Gasteiger partial charge in [0.25, 0.3) is 0 Å². The summed E-state index contributed by atoms with van der Waals surface area (Å²) in [6, 6.07) is 20.7. The zero-order valence-electron chi connectivity index (χ0n) is 80.0. The maximum absolute atomic E-state index is 15.1. The van der Waals surface area contributed by atoms with E-state index in [1.807, 2.05) is 6.07 Å². The van der Waals surface area contributed by atoms with Crippen molar-refractivity contribution in [1.82, 2.24) is 59.5 Å². The normalized spacial score (nSPS) is 20.3. The molecular formula is C103H109ClF8N16O7S8. The van der Waals surface area contributed by atoms with E-state index < -0.39 is 52.2 Å². The first-order chi connectivity index (χ1) is 69.0. The zero-order chi connectivity index (χ0) is 99.8. The van der Waals surface area contributed by atoms with Crippen LogP contribution in [0.25, 0.3) is 92.9 Å². The number of likely N-dealkylation sites (tertiary alicyclic amines) is 2. The number of nitrogens with zero attached hydrogens (tertiary/aromatic N) is 12. The second kappa shape index (κ2) is 44.1. The Labute approximate surface area is 858 Å². The third-order valence-electron chi connectivity index (χ3n) is 28.3. The molecule has 40 heteroatoms. The lowest BCUT2D eigenvalue weighted by Crippen LogP contribution is -2.43. The van der Waals surface area contributed by atoms with E-state index in [9.17, 15) is 31.4 Å². The minimum Gasteiger partial charge on any atom is -0.395 e. The number of nitrogen functional groups attached to an aromatic ring is 1. The molecule has 23 nitrogen and oxygen atoms in total. The van der Waals surface area contributed by atoms with Crippen LogP contribution in [0, 0.1) is 46.5 Å². The average Bonchev–Trinajstić information content (AvgIpc) is 1.61. The highest BCUT2D eigenvalue weighted by atomic mass is 35.5. The van der Waals surface area contributed by atoms with Gasteiger partial charge in [0.2, 0.25) is 0 Å². The Kier molecular flexibility index (Phi) is 31.6. The second-order valence-electron chi connectivity index (χ2n) is 38.1. The van der Waals surface area contributed by atoms with Crippen molar-refractivity contribution in [2.75, 3.05) is 120 Å². The van der Waals surface area contributed by atoms with Crippen LogP contribution in [0.1, 0.15) is 157 Å². The SMILES string of the molecule is CC1(C)C(c2cc3c(Cl)ccnc3s2)=CCN1CCOC1CCCCO1.CC1(C)C(c2cc3c(Nc4c(F)cc5scnc5c4F)ccnc3s2)=CCN1CCOC1CCCCO1.CC1(C)C(c2cc3c(Nc4c(F)cc5scnc5c4F)ccnc3s2)CCN1CCO.CC1(C)C(c2cc3c(Nc4c(F)cc5scnc5c4F)ccnc3s2)CCN1CCOC1CCCCO1.Nc1c(F)cc2scnc2c1F. The van der Waals surface area contributed by atoms with E-state index in [4.69, 9.17) is 45.8 Å². The van der Waals surface area contributed by atoms with Crippen LogP contribution >= 0.6 is 102 Å². The van der Waals surface area contributed by atoms with E-state index in [2.05, 4.69) is 167 Å². The third kappa shape index (κ3) is 21.7. The standard InChI is InChI=1S/C27H30F2N4O2S2.C27H28F2N4O2S2.C22H22F2N4OS2.C20H25ClN2O2S.C7H4F2N2S/c2*1-27(2)17(7-9-33(27)10-12-35-22-5-3-4-11-34-22)20-13-16-19(6-8-30-26(16)37-20)32-24-18(28)14-21-25(23(24)29)31-15-36-21;1-22(2)13(4-6-28(22)7-8-29)16-9-12-15(3-5-25-21(12)31-16)27-19-14(23)10-17-20(18(19)24)26-11-30-17;1-20(2)15(17-13-14-16(21)6-8-22-19(14)26-17)7-9-23(20)10-12-25-18-5-3-4-11-24-18;8-3-1-4-7(11-2-12-4)5(9)6(3)10/h6,8,13-15,17,22H,3-5,7,9-12H2,1-2H3,(H,30,32);6-8,13-15,22H,3-5,9-12H2,1-2H3,(H,30,32);3,5,9-11,13,29H,4,6-8H2,1-2H3,(H,25,27);6-8,13,18H,3-5,9-12H2,1-2H3;1-2H,10H2. The van der Waals surface area contributed by atoms with Gasteiger partial charge in [-0.2, -0.15) is 0 Å². The number of hydrogen-bond donors (Lipinski definition) is 5. The quantitative estimate of drug-likeness (QED) is 0.0278. The van der Waals surface area contributed by atoms with Crippen LogP contribution < -0.4 is 21.7 Å². The molecule has 19 heterocycles. The monoisotopic (exact) mass is 2120 g/mol. The number of fused-ring (bicyclic) bond motifs is 8. The molecule has 23 rings (SSSR count). The number of aliphatic hydroxyl groups excluding tert-OH is 1. The molecule has 754 valence electrons. The highest BCUT2D eigenvalue weighted by molar-refractivity contribution is 7.21. The van der Waals surface area contributed by atoms with Gasteiger partial charge in [0.15, 0.2) is 65.4 Å². The number of pyridine rings is 4. The van der Waals surface area contributed by atoms with Crippen molar-refractivity contribution in [1.29, 1.82) is 0 Å². The number of nitrogens with one attached hydrogen (secondary N) is 3. The number of benzene rings is 4. The maximum atomic E-state index is 15.1. The molecule has 7 aliphatic rings. The van der Waals surface area contributed by atoms with E-state index in [0.717, 1.165) is 181 Å². The molecule has 0 amide bonds. The lowest BCUT2D eigenvalue weighted by molar-refractivity contribution is -0.165. The fraction of sp³-hybridized carbons (Fsp3) is 0.417. The number of rotatable bonds is 24. The van der Waals surface area contributed by atoms with Gasteiger partial charge in [-0.25, -0.2) is 75.0 Å². The van der Waals surface area contributed by atoms with Crippen LogP contribution in [0.3, 0.4) is 0 Å². The molecule has 16 aromatic rings. The first-order valence-corrected chi connectivity index (χ1v) is 55.0. The minimum atomic E-state index is -0.772. The second-order valence-corrected chi connectivity index (χ2v) is 46.2. The molecule has 0 aliphatic carbocycles. The summed E-state index contributed by atoms with van der Waals surface area (Å²) in [6.45, 7) is 29.4. The van der Waals surface area contributed by atoms with Crippen molar-refractivity contribution >= 4 is 235 Å². The summed E-state index contributed by atoms with van der Waals surface area (Å²) in [7, 11) is 0. The number of hydrogen-bond acceptors (Lipinski definition) is 31. The number of anilines is 7. The number of aliphatic hydroxyl groups is 1. The summed E-state index contributed by atoms with van der Waals surface area (Å²) in [6.07, 6.45) is 23.1. The molecule has 4 aromatic carbocycles. The number of β-amino-alcohol motifs (C(OH)–C–C–N with tert-alkyl or cyclic N) is 1. The van der Waals surface area contributed by atoms with Crippen LogP contribution in [0.15, 0.2) is 132 Å². The molecule has 0 saturated carbocycles. The maximum Gasteiger partial charge on any atom is 0.176 e. The molecule has 143 heavy (non-hydrogen) atoms. The van der Waals surface area contributed by atoms with E-state index in [0.29, 0.717) is 74.1 Å². The molecule has 5 saturated heterocycles. The topological polar surface area (TPSA) is 254 Å². The van der Waals surface area contributed by atoms with Crippen molar-refractivity contribution in [2.45, 2.75) is 179 Å². The number of halogens is 9. The van der Waals surface area contributed by atoms with Gasteiger partial charge < -0.3 is 55.2 Å². The summed E-state index contributed by atoms with van der Waals surface area (Å²) in [4.78, 5) is 51.8. The van der Waals surface area contributed by atoms with Gasteiger partial charge in [0.1, 0.15) is 64.1 Å². The van der Waals surface area contributed by atoms with Gasteiger partial charge in [0, 0.05) is 159 Å². The van der Waals surface area contributed by atoms with Crippen LogP contribution in [0.4, 0.5) is 74.9 Å².